The molecule has 0 N–H and O–H groups in total. The van der Waals surface area contributed by atoms with Crippen molar-refractivity contribution in [1.29, 1.82) is 0 Å². The van der Waals surface area contributed by atoms with Gasteiger partial charge in [-0.25, -0.2) is 4.98 Å². The summed E-state index contributed by atoms with van der Waals surface area (Å²) in [6, 6.07) is 10.4. The fourth-order valence-corrected chi connectivity index (χ4v) is 3.82. The van der Waals surface area contributed by atoms with E-state index in [1.54, 1.807) is 16.2 Å². The second kappa shape index (κ2) is 7.06. The van der Waals surface area contributed by atoms with Crippen molar-refractivity contribution in [2.45, 2.75) is 19.9 Å². The van der Waals surface area contributed by atoms with Gasteiger partial charge in [-0.3, -0.25) is 4.79 Å². The number of benzene rings is 1. The summed E-state index contributed by atoms with van der Waals surface area (Å²) in [6.45, 7) is 2.73. The Labute approximate surface area is 144 Å². The molecule has 0 bridgehead atoms. The fourth-order valence-electron chi connectivity index (χ4n) is 2.31. The van der Waals surface area contributed by atoms with Gasteiger partial charge in [-0.1, -0.05) is 31.2 Å². The Hall–Kier alpha value is -1.98. The lowest BCUT2D eigenvalue weighted by atomic mass is 10.1. The number of aromatic nitrogens is 1. The third kappa shape index (κ3) is 3.68. The summed E-state index contributed by atoms with van der Waals surface area (Å²) in [7, 11) is 1.82. The Bertz CT molecular complexity index is 776. The molecule has 1 amide bonds. The highest BCUT2D eigenvalue weighted by Gasteiger charge is 2.16. The molecule has 0 atom stereocenters. The summed E-state index contributed by atoms with van der Waals surface area (Å²) in [4.78, 5) is 18.7. The molecule has 23 heavy (non-hydrogen) atoms. The molecule has 0 saturated heterocycles. The molecule has 0 radical (unpaired) electrons. The number of thiazole rings is 1. The van der Waals surface area contributed by atoms with Crippen LogP contribution < -0.4 is 0 Å². The van der Waals surface area contributed by atoms with E-state index < -0.39 is 0 Å². The summed E-state index contributed by atoms with van der Waals surface area (Å²) in [6.07, 6.45) is 1.03. The number of nitrogens with zero attached hydrogens (tertiary/aromatic N) is 2. The maximum atomic E-state index is 12.5. The molecule has 3 rings (SSSR count). The first-order valence-electron chi connectivity index (χ1n) is 7.48. The summed E-state index contributed by atoms with van der Waals surface area (Å²) < 4.78 is 0. The predicted octanol–water partition coefficient (Wildman–Crippen LogP) is 4.71. The van der Waals surface area contributed by atoms with Gasteiger partial charge in [0.25, 0.3) is 5.91 Å². The van der Waals surface area contributed by atoms with Crippen molar-refractivity contribution in [3.8, 4) is 10.6 Å². The van der Waals surface area contributed by atoms with E-state index >= 15 is 0 Å². The molecule has 0 aliphatic rings. The summed E-state index contributed by atoms with van der Waals surface area (Å²) in [5, 5.41) is 6.80. The Balaban J connectivity index is 1.69. The molecule has 118 valence electrons. The van der Waals surface area contributed by atoms with Crippen LogP contribution >= 0.6 is 22.7 Å². The van der Waals surface area contributed by atoms with Gasteiger partial charge in [-0.2, -0.15) is 11.3 Å². The predicted molar refractivity (Wildman–Crippen MR) is 97.0 cm³/mol. The molecule has 0 fully saturated rings. The zero-order chi connectivity index (χ0) is 16.2. The first kappa shape index (κ1) is 15.9. The Morgan fingerprint density at radius 2 is 1.87 bits per heavy atom. The van der Waals surface area contributed by atoms with Gasteiger partial charge in [0.1, 0.15) is 10.7 Å². The van der Waals surface area contributed by atoms with E-state index in [4.69, 9.17) is 0 Å². The third-order valence-electron chi connectivity index (χ3n) is 3.69. The van der Waals surface area contributed by atoms with Crippen molar-refractivity contribution in [3.05, 3.63) is 63.3 Å². The minimum atomic E-state index is -0.0395. The van der Waals surface area contributed by atoms with E-state index in [2.05, 4.69) is 36.2 Å². The SMILES string of the molecule is CCc1ccc(CN(C)C(=O)c2csc(-c3ccsc3)n2)cc1. The molecule has 0 aliphatic heterocycles. The maximum Gasteiger partial charge on any atom is 0.273 e. The molecule has 5 heteroatoms. The van der Waals surface area contributed by atoms with Crippen LogP contribution in [0.4, 0.5) is 0 Å². The summed E-state index contributed by atoms with van der Waals surface area (Å²) in [5.74, 6) is -0.0395. The van der Waals surface area contributed by atoms with Crippen LogP contribution in [0, 0.1) is 0 Å². The number of carbonyl (C=O) groups is 1. The molecule has 0 unspecified atom stereocenters. The number of hydrogen-bond acceptors (Lipinski definition) is 4. The highest BCUT2D eigenvalue weighted by atomic mass is 32.1. The zero-order valence-electron chi connectivity index (χ0n) is 13.2. The molecular formula is C18H18N2OS2. The van der Waals surface area contributed by atoms with Crippen molar-refractivity contribution in [2.75, 3.05) is 7.05 Å². The van der Waals surface area contributed by atoms with Crippen LogP contribution in [0.2, 0.25) is 0 Å². The van der Waals surface area contributed by atoms with Crippen molar-refractivity contribution in [3.63, 3.8) is 0 Å². The van der Waals surface area contributed by atoms with Crippen LogP contribution in [0.25, 0.3) is 10.6 Å². The molecule has 2 heterocycles. The van der Waals surface area contributed by atoms with Gasteiger partial charge in [0.15, 0.2) is 0 Å². The quantitative estimate of drug-likeness (QED) is 0.673. The lowest BCUT2D eigenvalue weighted by molar-refractivity contribution is 0.0780. The van der Waals surface area contributed by atoms with Gasteiger partial charge in [0.05, 0.1) is 0 Å². The van der Waals surface area contributed by atoms with Gasteiger partial charge < -0.3 is 4.90 Å². The number of rotatable bonds is 5. The Morgan fingerprint density at radius 1 is 1.13 bits per heavy atom. The van der Waals surface area contributed by atoms with Crippen LogP contribution in [0.15, 0.2) is 46.5 Å². The number of aryl methyl sites for hydroxylation is 1. The van der Waals surface area contributed by atoms with Gasteiger partial charge >= 0.3 is 0 Å². The molecule has 0 aliphatic carbocycles. The molecule has 3 nitrogen and oxygen atoms in total. The summed E-state index contributed by atoms with van der Waals surface area (Å²) >= 11 is 3.15. The zero-order valence-corrected chi connectivity index (χ0v) is 14.8. The van der Waals surface area contributed by atoms with Gasteiger partial charge in [-0.15, -0.1) is 11.3 Å². The van der Waals surface area contributed by atoms with E-state index in [9.17, 15) is 4.79 Å². The Morgan fingerprint density at radius 3 is 2.52 bits per heavy atom. The minimum absolute atomic E-state index is 0.0395. The second-order valence-electron chi connectivity index (χ2n) is 5.38. The average Bonchev–Trinajstić information content (AvgIpc) is 3.26. The molecule has 1 aromatic carbocycles. The van der Waals surface area contributed by atoms with Crippen LogP contribution in [0.3, 0.4) is 0 Å². The first-order valence-corrected chi connectivity index (χ1v) is 9.31. The smallest absolute Gasteiger partial charge is 0.273 e. The molecule has 2 aromatic heterocycles. The maximum absolute atomic E-state index is 12.5. The van der Waals surface area contributed by atoms with Gasteiger partial charge in [0, 0.05) is 29.9 Å². The topological polar surface area (TPSA) is 33.2 Å². The van der Waals surface area contributed by atoms with Crippen molar-refractivity contribution in [1.82, 2.24) is 9.88 Å². The fraction of sp³-hybridized carbons (Fsp3) is 0.222. The highest BCUT2D eigenvalue weighted by molar-refractivity contribution is 7.14. The van der Waals surface area contributed by atoms with Crippen LogP contribution in [0.1, 0.15) is 28.5 Å². The first-order chi connectivity index (χ1) is 11.2. The largest absolute Gasteiger partial charge is 0.336 e. The number of hydrogen-bond donors (Lipinski definition) is 0. The normalized spacial score (nSPS) is 10.7. The second-order valence-corrected chi connectivity index (χ2v) is 7.02. The standard InChI is InChI=1S/C18H18N2OS2/c1-3-13-4-6-14(7-5-13)10-20(2)18(21)16-12-23-17(19-16)15-8-9-22-11-15/h4-9,11-12H,3,10H2,1-2H3. The van der Waals surface area contributed by atoms with E-state index in [-0.39, 0.29) is 5.91 Å². The van der Waals surface area contributed by atoms with Crippen molar-refractivity contribution in [2.24, 2.45) is 0 Å². The van der Waals surface area contributed by atoms with Crippen LogP contribution in [-0.4, -0.2) is 22.8 Å². The molecule has 0 saturated carbocycles. The monoisotopic (exact) mass is 342 g/mol. The van der Waals surface area contributed by atoms with Gasteiger partial charge in [-0.05, 0) is 29.0 Å². The van der Waals surface area contributed by atoms with E-state index in [1.807, 2.05) is 29.3 Å². The molecule has 3 aromatic rings. The number of thiophene rings is 1. The average molecular weight is 342 g/mol. The van der Waals surface area contributed by atoms with E-state index in [1.165, 1.54) is 16.9 Å². The van der Waals surface area contributed by atoms with Crippen LogP contribution in [0.5, 0.6) is 0 Å². The Kier molecular flexibility index (Phi) is 4.88. The number of carbonyl (C=O) groups excluding carboxylic acids is 1. The van der Waals surface area contributed by atoms with Crippen molar-refractivity contribution < 1.29 is 4.79 Å². The molecule has 0 spiro atoms. The number of amides is 1. The minimum Gasteiger partial charge on any atom is -0.336 e. The lowest BCUT2D eigenvalue weighted by Gasteiger charge is -2.16. The van der Waals surface area contributed by atoms with E-state index in [0.717, 1.165) is 22.6 Å². The van der Waals surface area contributed by atoms with E-state index in [0.29, 0.717) is 12.2 Å². The summed E-state index contributed by atoms with van der Waals surface area (Å²) in [5.41, 5.74) is 4.04. The third-order valence-corrected chi connectivity index (χ3v) is 5.26. The van der Waals surface area contributed by atoms with Crippen molar-refractivity contribution >= 4 is 28.6 Å². The van der Waals surface area contributed by atoms with Gasteiger partial charge in [0.2, 0.25) is 0 Å². The van der Waals surface area contributed by atoms with Crippen LogP contribution in [-0.2, 0) is 13.0 Å². The molecular weight excluding hydrogens is 324 g/mol. The highest BCUT2D eigenvalue weighted by Crippen LogP contribution is 2.26. The lowest BCUT2D eigenvalue weighted by Crippen LogP contribution is -2.26.